The van der Waals surface area contributed by atoms with Gasteiger partial charge in [-0.05, 0) is 84.6 Å². The molecule has 2 N–H and O–H groups in total. The zero-order valence-electron chi connectivity index (χ0n) is 20.6. The number of hydrogen-bond donors (Lipinski definition) is 2. The molecule has 2 aliphatic rings. The van der Waals surface area contributed by atoms with Crippen LogP contribution in [0.25, 0.3) is 0 Å². The number of rotatable bonds is 6. The molecule has 1 aromatic rings. The topological polar surface area (TPSA) is 122 Å². The van der Waals surface area contributed by atoms with Crippen molar-refractivity contribution in [2.45, 2.75) is 88.2 Å². The Labute approximate surface area is 203 Å². The number of carbonyl (C=O) groups excluding carboxylic acids is 1. The van der Waals surface area contributed by atoms with Gasteiger partial charge in [0, 0.05) is 30.7 Å². The molecule has 1 aliphatic carbocycles. The first-order chi connectivity index (χ1) is 15.7. The van der Waals surface area contributed by atoms with Gasteiger partial charge in [-0.15, -0.1) is 0 Å². The number of nitrogens with one attached hydrogen (secondary N) is 2. The molecule has 0 spiro atoms. The van der Waals surface area contributed by atoms with Gasteiger partial charge in [-0.25, -0.2) is 21.6 Å². The summed E-state index contributed by atoms with van der Waals surface area (Å²) in [6.45, 7) is 9.29. The molecule has 2 atom stereocenters. The Balaban J connectivity index is 1.55. The molecule has 192 valence electrons. The van der Waals surface area contributed by atoms with E-state index in [0.29, 0.717) is 44.5 Å². The maximum atomic E-state index is 13.0. The summed E-state index contributed by atoms with van der Waals surface area (Å²) in [4.78, 5) is 12.9. The fourth-order valence-electron chi connectivity index (χ4n) is 4.30. The average molecular weight is 516 g/mol. The molecule has 0 bridgehead atoms. The standard InChI is InChI=1S/C23H37N3O6S2/c1-16-14-26(15-17(2)32-16)33(28,29)21-12-10-19(11-13-21)24-22(27)18-6-8-20(9-7-18)25-34(30,31)23(3,4)5/h10-13,16-18,20,25H,6-9,14-15H2,1-5H3,(H,24,27). The molecule has 1 saturated heterocycles. The molecule has 1 saturated carbocycles. The third-order valence-corrected chi connectivity index (χ3v) is 10.5. The first-order valence-electron chi connectivity index (χ1n) is 11.8. The lowest BCUT2D eigenvalue weighted by atomic mass is 9.86. The fourth-order valence-corrected chi connectivity index (χ4v) is 6.92. The average Bonchev–Trinajstić information content (AvgIpc) is 2.73. The van der Waals surface area contributed by atoms with Gasteiger partial charge in [-0.3, -0.25) is 4.79 Å². The second-order valence-corrected chi connectivity index (χ2v) is 14.8. The number of amides is 1. The second-order valence-electron chi connectivity index (χ2n) is 10.4. The van der Waals surface area contributed by atoms with Crippen LogP contribution in [-0.2, 0) is 29.6 Å². The van der Waals surface area contributed by atoms with E-state index < -0.39 is 24.8 Å². The number of hydrogen-bond acceptors (Lipinski definition) is 6. The van der Waals surface area contributed by atoms with E-state index in [2.05, 4.69) is 10.0 Å². The Kier molecular flexibility index (Phi) is 8.13. The summed E-state index contributed by atoms with van der Waals surface area (Å²) in [6.07, 6.45) is 2.03. The molecule has 2 unspecified atom stereocenters. The van der Waals surface area contributed by atoms with Gasteiger partial charge in [-0.2, -0.15) is 4.31 Å². The smallest absolute Gasteiger partial charge is 0.243 e. The van der Waals surface area contributed by atoms with Crippen LogP contribution in [-0.4, -0.2) is 63.1 Å². The van der Waals surface area contributed by atoms with Crippen LogP contribution >= 0.6 is 0 Å². The highest BCUT2D eigenvalue weighted by molar-refractivity contribution is 7.90. The Bertz CT molecular complexity index is 1060. The summed E-state index contributed by atoms with van der Waals surface area (Å²) >= 11 is 0. The van der Waals surface area contributed by atoms with Gasteiger partial charge in [0.05, 0.1) is 21.9 Å². The van der Waals surface area contributed by atoms with Crippen molar-refractivity contribution in [2.24, 2.45) is 5.92 Å². The lowest BCUT2D eigenvalue weighted by Crippen LogP contribution is -2.48. The van der Waals surface area contributed by atoms with E-state index in [0.717, 1.165) is 0 Å². The molecule has 1 amide bonds. The van der Waals surface area contributed by atoms with Crippen LogP contribution in [0.1, 0.15) is 60.3 Å². The minimum Gasteiger partial charge on any atom is -0.373 e. The predicted molar refractivity (Wildman–Crippen MR) is 131 cm³/mol. The van der Waals surface area contributed by atoms with E-state index in [9.17, 15) is 21.6 Å². The van der Waals surface area contributed by atoms with E-state index in [4.69, 9.17) is 4.74 Å². The molecule has 1 aliphatic heterocycles. The van der Waals surface area contributed by atoms with Crippen molar-refractivity contribution in [3.8, 4) is 0 Å². The van der Waals surface area contributed by atoms with Gasteiger partial charge in [-0.1, -0.05) is 0 Å². The zero-order chi connectivity index (χ0) is 25.3. The molecule has 11 heteroatoms. The predicted octanol–water partition coefficient (Wildman–Crippen LogP) is 2.70. The Morgan fingerprint density at radius 2 is 1.47 bits per heavy atom. The lowest BCUT2D eigenvalue weighted by molar-refractivity contribution is -0.120. The third-order valence-electron chi connectivity index (χ3n) is 6.37. The van der Waals surface area contributed by atoms with Crippen LogP contribution < -0.4 is 10.0 Å². The fraction of sp³-hybridized carbons (Fsp3) is 0.696. The zero-order valence-corrected chi connectivity index (χ0v) is 22.2. The normalized spacial score (nSPS) is 27.3. The molecule has 34 heavy (non-hydrogen) atoms. The highest BCUT2D eigenvalue weighted by Gasteiger charge is 2.34. The maximum absolute atomic E-state index is 13.0. The molecular formula is C23H37N3O6S2. The quantitative estimate of drug-likeness (QED) is 0.601. The summed E-state index contributed by atoms with van der Waals surface area (Å²) in [5.41, 5.74) is 0.531. The van der Waals surface area contributed by atoms with Gasteiger partial charge < -0.3 is 10.1 Å². The van der Waals surface area contributed by atoms with Crippen LogP contribution in [0.2, 0.25) is 0 Å². The molecule has 3 rings (SSSR count). The van der Waals surface area contributed by atoms with E-state index in [-0.39, 0.29) is 35.0 Å². The van der Waals surface area contributed by atoms with Crippen LogP contribution in [0.3, 0.4) is 0 Å². The number of benzene rings is 1. The van der Waals surface area contributed by atoms with Crippen molar-refractivity contribution in [3.05, 3.63) is 24.3 Å². The third kappa shape index (κ3) is 6.37. The van der Waals surface area contributed by atoms with E-state index in [1.165, 1.54) is 16.4 Å². The maximum Gasteiger partial charge on any atom is 0.243 e. The SMILES string of the molecule is CC1CN(S(=O)(=O)c2ccc(NC(=O)C3CCC(NS(=O)(=O)C(C)(C)C)CC3)cc2)CC(C)O1. The molecule has 2 fully saturated rings. The number of sulfonamides is 2. The van der Waals surface area contributed by atoms with Crippen molar-refractivity contribution in [1.29, 1.82) is 0 Å². The van der Waals surface area contributed by atoms with Crippen molar-refractivity contribution >= 4 is 31.6 Å². The number of ether oxygens (including phenoxy) is 1. The van der Waals surface area contributed by atoms with E-state index >= 15 is 0 Å². The van der Waals surface area contributed by atoms with Crippen molar-refractivity contribution in [1.82, 2.24) is 9.03 Å². The Hall–Kier alpha value is -1.53. The monoisotopic (exact) mass is 515 g/mol. The molecule has 9 nitrogen and oxygen atoms in total. The van der Waals surface area contributed by atoms with Gasteiger partial charge in [0.1, 0.15) is 0 Å². The van der Waals surface area contributed by atoms with Crippen molar-refractivity contribution in [2.75, 3.05) is 18.4 Å². The summed E-state index contributed by atoms with van der Waals surface area (Å²) in [7, 11) is -7.07. The first-order valence-corrected chi connectivity index (χ1v) is 14.7. The second kappa shape index (κ2) is 10.2. The van der Waals surface area contributed by atoms with Crippen molar-refractivity contribution < 1.29 is 26.4 Å². The van der Waals surface area contributed by atoms with E-state index in [1.807, 2.05) is 13.8 Å². The van der Waals surface area contributed by atoms with Gasteiger partial charge >= 0.3 is 0 Å². The highest BCUT2D eigenvalue weighted by atomic mass is 32.2. The largest absolute Gasteiger partial charge is 0.373 e. The van der Waals surface area contributed by atoms with Gasteiger partial charge in [0.2, 0.25) is 26.0 Å². The van der Waals surface area contributed by atoms with Crippen LogP contribution in [0, 0.1) is 5.92 Å². The summed E-state index contributed by atoms with van der Waals surface area (Å²) < 4.78 is 59.7. The highest BCUT2D eigenvalue weighted by Crippen LogP contribution is 2.28. The first kappa shape index (κ1) is 27.1. The number of anilines is 1. The summed E-state index contributed by atoms with van der Waals surface area (Å²) in [6, 6.07) is 6.05. The van der Waals surface area contributed by atoms with Crippen LogP contribution in [0.15, 0.2) is 29.2 Å². The van der Waals surface area contributed by atoms with Crippen molar-refractivity contribution in [3.63, 3.8) is 0 Å². The van der Waals surface area contributed by atoms with Crippen LogP contribution in [0.5, 0.6) is 0 Å². The minimum absolute atomic E-state index is 0.136. The molecule has 0 aromatic heterocycles. The number of carbonyl (C=O) groups is 1. The molecule has 1 heterocycles. The van der Waals surface area contributed by atoms with Crippen LogP contribution in [0.4, 0.5) is 5.69 Å². The molecular weight excluding hydrogens is 478 g/mol. The summed E-state index contributed by atoms with van der Waals surface area (Å²) in [5, 5.41) is 2.87. The minimum atomic E-state index is -3.64. The van der Waals surface area contributed by atoms with Gasteiger partial charge in [0.15, 0.2) is 0 Å². The van der Waals surface area contributed by atoms with E-state index in [1.54, 1.807) is 32.9 Å². The number of morpholine rings is 1. The summed E-state index contributed by atoms with van der Waals surface area (Å²) in [5.74, 6) is -0.348. The molecule has 0 radical (unpaired) electrons. The Morgan fingerprint density at radius 3 is 1.97 bits per heavy atom. The Morgan fingerprint density at radius 1 is 0.941 bits per heavy atom. The van der Waals surface area contributed by atoms with Gasteiger partial charge in [0.25, 0.3) is 0 Å². The molecule has 1 aromatic carbocycles. The lowest BCUT2D eigenvalue weighted by Gasteiger charge is -2.34. The number of nitrogens with zero attached hydrogens (tertiary/aromatic N) is 1.